The molecule has 0 saturated heterocycles. The third kappa shape index (κ3) is 1.41. The first-order chi connectivity index (χ1) is 7.68. The van der Waals surface area contributed by atoms with E-state index in [1.165, 1.54) is 24.8 Å². The Morgan fingerprint density at radius 3 is 2.75 bits per heavy atom. The number of rotatable bonds is 2. The summed E-state index contributed by atoms with van der Waals surface area (Å²) in [6.07, 6.45) is 10.4. The van der Waals surface area contributed by atoms with Crippen LogP contribution in [0, 0.1) is 11.3 Å². The van der Waals surface area contributed by atoms with Crippen molar-refractivity contribution in [3.8, 4) is 0 Å². The Morgan fingerprint density at radius 2 is 2.12 bits per heavy atom. The van der Waals surface area contributed by atoms with Crippen molar-refractivity contribution in [2.24, 2.45) is 11.3 Å². The summed E-state index contributed by atoms with van der Waals surface area (Å²) in [5, 5.41) is 3.38. The van der Waals surface area contributed by atoms with E-state index in [1.54, 1.807) is 0 Å². The minimum absolute atomic E-state index is 0.0459. The second-order valence-corrected chi connectivity index (χ2v) is 6.24. The Morgan fingerprint density at radius 1 is 1.31 bits per heavy atom. The number of halogens is 2. The molecule has 3 heteroatoms. The van der Waals surface area contributed by atoms with Crippen molar-refractivity contribution in [1.82, 2.24) is 5.32 Å². The minimum Gasteiger partial charge on any atom is -0.316 e. The molecule has 5 unspecified atom stereocenters. The van der Waals surface area contributed by atoms with E-state index in [9.17, 15) is 0 Å². The van der Waals surface area contributed by atoms with Gasteiger partial charge in [-0.25, -0.2) is 0 Å². The van der Waals surface area contributed by atoms with E-state index in [4.69, 9.17) is 23.2 Å². The molecule has 5 atom stereocenters. The topological polar surface area (TPSA) is 12.0 Å². The molecule has 16 heavy (non-hydrogen) atoms. The largest absolute Gasteiger partial charge is 0.316 e. The normalized spacial score (nSPS) is 50.1. The highest BCUT2D eigenvalue weighted by molar-refractivity contribution is 6.31. The van der Waals surface area contributed by atoms with Crippen molar-refractivity contribution in [3.63, 3.8) is 0 Å². The quantitative estimate of drug-likeness (QED) is 0.750. The maximum atomic E-state index is 6.23. The third-order valence-electron chi connectivity index (χ3n) is 4.57. The van der Waals surface area contributed by atoms with Crippen molar-refractivity contribution in [2.75, 3.05) is 7.05 Å². The lowest BCUT2D eigenvalue weighted by atomic mass is 9.85. The van der Waals surface area contributed by atoms with Gasteiger partial charge in [0.15, 0.2) is 0 Å². The van der Waals surface area contributed by atoms with Gasteiger partial charge in [-0.2, -0.15) is 0 Å². The molecule has 2 saturated carbocycles. The molecule has 3 aliphatic rings. The van der Waals surface area contributed by atoms with E-state index in [2.05, 4.69) is 24.5 Å². The summed E-state index contributed by atoms with van der Waals surface area (Å²) in [7, 11) is 2.07. The van der Waals surface area contributed by atoms with Crippen molar-refractivity contribution >= 4 is 23.2 Å². The van der Waals surface area contributed by atoms with Gasteiger partial charge < -0.3 is 5.32 Å². The van der Waals surface area contributed by atoms with Gasteiger partial charge in [-0.1, -0.05) is 18.2 Å². The van der Waals surface area contributed by atoms with E-state index >= 15 is 0 Å². The van der Waals surface area contributed by atoms with Gasteiger partial charge >= 0.3 is 0 Å². The molecule has 2 fully saturated rings. The summed E-state index contributed by atoms with van der Waals surface area (Å²) in [5.41, 5.74) is 1.81. The fraction of sp³-hybridized carbons (Fsp3) is 0.692. The van der Waals surface area contributed by atoms with Crippen LogP contribution >= 0.6 is 23.2 Å². The number of alkyl halides is 2. The van der Waals surface area contributed by atoms with Crippen LogP contribution in [0.25, 0.3) is 0 Å². The molecule has 0 radical (unpaired) electrons. The highest BCUT2D eigenvalue weighted by atomic mass is 35.5. The molecule has 0 amide bonds. The number of nitrogens with one attached hydrogen (secondary N) is 1. The predicted octanol–water partition coefficient (Wildman–Crippen LogP) is 3.09. The van der Waals surface area contributed by atoms with E-state index in [-0.39, 0.29) is 10.8 Å². The van der Waals surface area contributed by atoms with Gasteiger partial charge in [-0.05, 0) is 37.8 Å². The van der Waals surface area contributed by atoms with E-state index < -0.39 is 0 Å². The van der Waals surface area contributed by atoms with Crippen LogP contribution in [0.15, 0.2) is 23.8 Å². The lowest BCUT2D eigenvalue weighted by Crippen LogP contribution is -2.34. The van der Waals surface area contributed by atoms with Gasteiger partial charge in [-0.3, -0.25) is 0 Å². The molecule has 0 aliphatic heterocycles. The van der Waals surface area contributed by atoms with Crippen LogP contribution in [0.4, 0.5) is 0 Å². The van der Waals surface area contributed by atoms with Crippen LogP contribution in [0.2, 0.25) is 0 Å². The minimum atomic E-state index is -0.0477. The number of hydrogen-bond acceptors (Lipinski definition) is 1. The summed E-state index contributed by atoms with van der Waals surface area (Å²) >= 11 is 12.3. The zero-order valence-corrected chi connectivity index (χ0v) is 10.9. The molecule has 0 aromatic heterocycles. The maximum absolute atomic E-state index is 6.23. The molecule has 0 aromatic rings. The van der Waals surface area contributed by atoms with Crippen LogP contribution in [-0.4, -0.2) is 23.8 Å². The molecule has 1 nitrogen and oxygen atoms in total. The number of allylic oxidation sites excluding steroid dienone is 3. The fourth-order valence-electron chi connectivity index (χ4n) is 3.65. The first kappa shape index (κ1) is 11.1. The zero-order chi connectivity index (χ0) is 11.3. The van der Waals surface area contributed by atoms with E-state index in [0.717, 1.165) is 5.92 Å². The lowest BCUT2D eigenvalue weighted by molar-refractivity contribution is 0.426. The summed E-state index contributed by atoms with van der Waals surface area (Å²) in [6, 6.07) is 0.629. The Bertz CT molecular complexity index is 363. The Kier molecular flexibility index (Phi) is 2.62. The van der Waals surface area contributed by atoms with Gasteiger partial charge in [0.1, 0.15) is 0 Å². The molecule has 0 spiro atoms. The van der Waals surface area contributed by atoms with Crippen LogP contribution in [-0.2, 0) is 0 Å². The van der Waals surface area contributed by atoms with Crippen molar-refractivity contribution < 1.29 is 0 Å². The van der Waals surface area contributed by atoms with E-state index in [0.29, 0.717) is 11.5 Å². The molecular weight excluding hydrogens is 241 g/mol. The Hall–Kier alpha value is 0.0200. The molecule has 0 heterocycles. The SMILES string of the molecule is CNC1CCC2CC21C1=CC(Cl)C(Cl)C=C1. The first-order valence-corrected chi connectivity index (χ1v) is 6.91. The van der Waals surface area contributed by atoms with Gasteiger partial charge in [0.05, 0.1) is 10.8 Å². The van der Waals surface area contributed by atoms with Crippen molar-refractivity contribution in [3.05, 3.63) is 23.8 Å². The standard InChI is InChI=1S/C13H17Cl2N/c1-16-12-5-3-9-7-13(9,12)8-2-4-10(14)11(15)6-8/h2,4,6,9-12,16H,3,5,7H2,1H3. The second kappa shape index (κ2) is 3.76. The Balaban J connectivity index is 1.89. The summed E-state index contributed by atoms with van der Waals surface area (Å²) in [5.74, 6) is 0.872. The zero-order valence-electron chi connectivity index (χ0n) is 9.42. The lowest BCUT2D eigenvalue weighted by Gasteiger charge is -2.27. The van der Waals surface area contributed by atoms with Crippen LogP contribution < -0.4 is 5.32 Å². The maximum Gasteiger partial charge on any atom is 0.0721 e. The summed E-state index contributed by atoms with van der Waals surface area (Å²) in [4.78, 5) is 0. The first-order valence-electron chi connectivity index (χ1n) is 6.04. The monoisotopic (exact) mass is 257 g/mol. The van der Waals surface area contributed by atoms with Crippen LogP contribution in [0.5, 0.6) is 0 Å². The number of hydrogen-bond donors (Lipinski definition) is 1. The highest BCUT2D eigenvalue weighted by Gasteiger charge is 2.63. The second-order valence-electron chi connectivity index (χ2n) is 5.23. The van der Waals surface area contributed by atoms with Gasteiger partial charge in [-0.15, -0.1) is 23.2 Å². The molecule has 3 rings (SSSR count). The fourth-order valence-corrected chi connectivity index (χ4v) is 4.01. The summed E-state index contributed by atoms with van der Waals surface area (Å²) in [6.45, 7) is 0. The van der Waals surface area contributed by atoms with Crippen LogP contribution in [0.3, 0.4) is 0 Å². The third-order valence-corrected chi connectivity index (χ3v) is 5.51. The Labute approximate surface area is 107 Å². The smallest absolute Gasteiger partial charge is 0.0721 e. The summed E-state index contributed by atoms with van der Waals surface area (Å²) < 4.78 is 0. The molecular formula is C13H17Cl2N. The van der Waals surface area contributed by atoms with E-state index in [1.807, 2.05) is 6.08 Å². The predicted molar refractivity (Wildman–Crippen MR) is 69.1 cm³/mol. The molecule has 0 aromatic carbocycles. The van der Waals surface area contributed by atoms with Crippen molar-refractivity contribution in [2.45, 2.75) is 36.1 Å². The van der Waals surface area contributed by atoms with Gasteiger partial charge in [0.2, 0.25) is 0 Å². The molecule has 0 bridgehead atoms. The van der Waals surface area contributed by atoms with Crippen LogP contribution in [0.1, 0.15) is 19.3 Å². The highest BCUT2D eigenvalue weighted by Crippen LogP contribution is 2.68. The molecule has 3 aliphatic carbocycles. The van der Waals surface area contributed by atoms with Gasteiger partial charge in [0, 0.05) is 11.5 Å². The van der Waals surface area contributed by atoms with Gasteiger partial charge in [0.25, 0.3) is 0 Å². The average molecular weight is 258 g/mol. The van der Waals surface area contributed by atoms with Crippen molar-refractivity contribution in [1.29, 1.82) is 0 Å². The molecule has 88 valence electrons. The molecule has 1 N–H and O–H groups in total. The number of fused-ring (bicyclic) bond motifs is 1. The average Bonchev–Trinajstić information content (AvgIpc) is 2.91.